The monoisotopic (exact) mass is 537 g/mol. The zero-order chi connectivity index (χ0) is 28.1. The molecule has 0 fully saturated rings. The number of pyridine rings is 1. The van der Waals surface area contributed by atoms with Gasteiger partial charge in [-0.2, -0.15) is 0 Å². The lowest BCUT2D eigenvalue weighted by atomic mass is 9.92. The smallest absolute Gasteiger partial charge is 0.248 e. The zero-order valence-electron chi connectivity index (χ0n) is 23.4. The van der Waals surface area contributed by atoms with Crippen LogP contribution in [0.15, 0.2) is 66.7 Å². The lowest BCUT2D eigenvalue weighted by Crippen LogP contribution is -2.11. The molecule has 206 valence electrons. The van der Waals surface area contributed by atoms with Gasteiger partial charge in [0.05, 0.1) is 31.5 Å². The Hall–Kier alpha value is -4.52. The normalized spacial score (nSPS) is 12.8. The summed E-state index contributed by atoms with van der Waals surface area (Å²) in [5.41, 5.74) is 6.77. The first kappa shape index (κ1) is 27.1. The largest absolute Gasteiger partial charge is 0.493 e. The van der Waals surface area contributed by atoms with Gasteiger partial charge in [0.25, 0.3) is 0 Å². The Morgan fingerprint density at radius 3 is 2.40 bits per heavy atom. The molecule has 0 unspecified atom stereocenters. The van der Waals surface area contributed by atoms with Crippen molar-refractivity contribution in [1.82, 2.24) is 4.98 Å². The highest BCUT2D eigenvalue weighted by Gasteiger charge is 2.19. The van der Waals surface area contributed by atoms with E-state index in [0.29, 0.717) is 17.2 Å². The maximum atomic E-state index is 12.8. The molecule has 2 N–H and O–H groups in total. The first-order chi connectivity index (χ1) is 19.4. The molecule has 0 spiro atoms. The van der Waals surface area contributed by atoms with Crippen molar-refractivity contribution in [2.24, 2.45) is 0 Å². The Labute approximate surface area is 235 Å². The number of hydrogen-bond acceptors (Lipinski definition) is 6. The van der Waals surface area contributed by atoms with Crippen LogP contribution in [0, 0.1) is 0 Å². The second-order valence-corrected chi connectivity index (χ2v) is 10.1. The summed E-state index contributed by atoms with van der Waals surface area (Å²) in [6, 6.07) is 19.3. The third-order valence-electron chi connectivity index (χ3n) is 6.86. The van der Waals surface area contributed by atoms with Crippen LogP contribution < -0.4 is 24.8 Å². The number of aryl methyl sites for hydroxylation is 1. The fraction of sp³-hybridized carbons (Fsp3) is 0.273. The predicted octanol–water partition coefficient (Wildman–Crippen LogP) is 7.31. The van der Waals surface area contributed by atoms with Crippen LogP contribution in [-0.4, -0.2) is 31.2 Å². The fourth-order valence-corrected chi connectivity index (χ4v) is 4.99. The van der Waals surface area contributed by atoms with Crippen molar-refractivity contribution in [1.29, 1.82) is 0 Å². The molecule has 0 aliphatic heterocycles. The highest BCUT2D eigenvalue weighted by atomic mass is 16.5. The number of aromatic nitrogens is 1. The quantitative estimate of drug-likeness (QED) is 0.218. The first-order valence-electron chi connectivity index (χ1n) is 13.6. The number of rotatable bonds is 9. The van der Waals surface area contributed by atoms with Gasteiger partial charge in [0.15, 0.2) is 11.5 Å². The van der Waals surface area contributed by atoms with Crippen LogP contribution in [0.3, 0.4) is 0 Å². The van der Waals surface area contributed by atoms with Gasteiger partial charge in [0, 0.05) is 34.6 Å². The average molecular weight is 538 g/mol. The molecule has 0 saturated carbocycles. The third kappa shape index (κ3) is 6.20. The summed E-state index contributed by atoms with van der Waals surface area (Å²) in [6.07, 6.45) is 7.61. The molecule has 0 atom stereocenters. The standard InChI is InChI=1S/C33H35N3O4/c1-21(2)40-25-14-9-22(10-15-25)11-18-32(37)34-23-12-16-29-27(19-23)33(26-7-5-6-8-28(26)36-29)35-24-13-17-30(38-3)31(20-24)39-4/h9-21H,5-8H2,1-4H3,(H,34,37)(H,35,36). The van der Waals surface area contributed by atoms with Crippen LogP contribution >= 0.6 is 0 Å². The maximum absolute atomic E-state index is 12.8. The van der Waals surface area contributed by atoms with Crippen molar-refractivity contribution in [2.45, 2.75) is 45.6 Å². The lowest BCUT2D eigenvalue weighted by Gasteiger charge is -2.22. The summed E-state index contributed by atoms with van der Waals surface area (Å²) in [7, 11) is 3.26. The number of anilines is 3. The Morgan fingerprint density at radius 1 is 0.900 bits per heavy atom. The van der Waals surface area contributed by atoms with Crippen LogP contribution in [0.5, 0.6) is 17.2 Å². The molecule has 40 heavy (non-hydrogen) atoms. The summed E-state index contributed by atoms with van der Waals surface area (Å²) < 4.78 is 16.6. The third-order valence-corrected chi connectivity index (χ3v) is 6.86. The molecule has 4 aromatic rings. The summed E-state index contributed by atoms with van der Waals surface area (Å²) in [5, 5.41) is 7.59. The molecule has 7 nitrogen and oxygen atoms in total. The highest BCUT2D eigenvalue weighted by molar-refractivity contribution is 6.04. The average Bonchev–Trinajstić information content (AvgIpc) is 2.96. The van der Waals surface area contributed by atoms with Gasteiger partial charge in [-0.05, 0) is 99.2 Å². The fourth-order valence-electron chi connectivity index (χ4n) is 4.99. The second-order valence-electron chi connectivity index (χ2n) is 10.1. The predicted molar refractivity (Wildman–Crippen MR) is 161 cm³/mol. The summed E-state index contributed by atoms with van der Waals surface area (Å²) in [5.74, 6) is 1.93. The van der Waals surface area contributed by atoms with Gasteiger partial charge in [-0.25, -0.2) is 0 Å². The Bertz CT molecular complexity index is 1540. The molecule has 1 aliphatic rings. The number of benzene rings is 3. The van der Waals surface area contributed by atoms with Crippen molar-refractivity contribution >= 4 is 39.9 Å². The first-order valence-corrected chi connectivity index (χ1v) is 13.6. The Morgan fingerprint density at radius 2 is 1.65 bits per heavy atom. The van der Waals surface area contributed by atoms with E-state index in [0.717, 1.165) is 65.0 Å². The van der Waals surface area contributed by atoms with Crippen LogP contribution in [0.4, 0.5) is 17.1 Å². The van der Waals surface area contributed by atoms with Crippen LogP contribution in [0.2, 0.25) is 0 Å². The molecule has 1 aliphatic carbocycles. The molecule has 0 bridgehead atoms. The molecule has 0 radical (unpaired) electrons. The molecule has 1 aromatic heterocycles. The minimum atomic E-state index is -0.206. The summed E-state index contributed by atoms with van der Waals surface area (Å²) >= 11 is 0. The SMILES string of the molecule is COc1ccc(Nc2c3c(nc4ccc(NC(=O)C=Cc5ccc(OC(C)C)cc5)cc24)CCCC3)cc1OC. The molecular formula is C33H35N3O4. The molecular weight excluding hydrogens is 502 g/mol. The van der Waals surface area contributed by atoms with E-state index >= 15 is 0 Å². The van der Waals surface area contributed by atoms with Gasteiger partial charge in [-0.15, -0.1) is 0 Å². The molecule has 1 amide bonds. The minimum absolute atomic E-state index is 0.115. The topological polar surface area (TPSA) is 81.7 Å². The van der Waals surface area contributed by atoms with Gasteiger partial charge in [0.2, 0.25) is 5.91 Å². The van der Waals surface area contributed by atoms with Gasteiger partial charge in [-0.3, -0.25) is 9.78 Å². The van der Waals surface area contributed by atoms with E-state index in [4.69, 9.17) is 19.2 Å². The number of amides is 1. The summed E-state index contributed by atoms with van der Waals surface area (Å²) in [4.78, 5) is 17.8. The van der Waals surface area contributed by atoms with E-state index < -0.39 is 0 Å². The van der Waals surface area contributed by atoms with E-state index in [1.54, 1.807) is 20.3 Å². The molecule has 3 aromatic carbocycles. The number of ether oxygens (including phenoxy) is 3. The number of carbonyl (C=O) groups is 1. The van der Waals surface area contributed by atoms with Crippen LogP contribution in [0.25, 0.3) is 17.0 Å². The molecule has 0 saturated heterocycles. The molecule has 7 heteroatoms. The highest BCUT2D eigenvalue weighted by Crippen LogP contribution is 2.38. The molecule has 5 rings (SSSR count). The van der Waals surface area contributed by atoms with Gasteiger partial charge < -0.3 is 24.8 Å². The number of nitrogens with zero attached hydrogens (tertiary/aromatic N) is 1. The molecule has 1 heterocycles. The summed E-state index contributed by atoms with van der Waals surface area (Å²) in [6.45, 7) is 3.98. The number of carbonyl (C=O) groups excluding carboxylic acids is 1. The van der Waals surface area contributed by atoms with E-state index in [9.17, 15) is 4.79 Å². The second kappa shape index (κ2) is 12.1. The van der Waals surface area contributed by atoms with E-state index in [1.165, 1.54) is 11.6 Å². The lowest BCUT2D eigenvalue weighted by molar-refractivity contribution is -0.111. The van der Waals surface area contributed by atoms with Crippen molar-refractivity contribution in [3.63, 3.8) is 0 Å². The van der Waals surface area contributed by atoms with Crippen molar-refractivity contribution in [2.75, 3.05) is 24.9 Å². The number of nitrogens with one attached hydrogen (secondary N) is 2. The van der Waals surface area contributed by atoms with Crippen LogP contribution in [-0.2, 0) is 17.6 Å². The Kier molecular flexibility index (Phi) is 8.20. The van der Waals surface area contributed by atoms with Gasteiger partial charge in [-0.1, -0.05) is 12.1 Å². The van der Waals surface area contributed by atoms with E-state index in [2.05, 4.69) is 10.6 Å². The van der Waals surface area contributed by atoms with Crippen molar-refractivity contribution < 1.29 is 19.0 Å². The number of methoxy groups -OCH3 is 2. The number of hydrogen-bond donors (Lipinski definition) is 2. The van der Waals surface area contributed by atoms with Gasteiger partial charge >= 0.3 is 0 Å². The zero-order valence-corrected chi connectivity index (χ0v) is 23.4. The van der Waals surface area contributed by atoms with Crippen molar-refractivity contribution in [3.8, 4) is 17.2 Å². The minimum Gasteiger partial charge on any atom is -0.493 e. The number of fused-ring (bicyclic) bond motifs is 2. The van der Waals surface area contributed by atoms with Gasteiger partial charge in [0.1, 0.15) is 5.75 Å². The van der Waals surface area contributed by atoms with Crippen molar-refractivity contribution in [3.05, 3.63) is 83.6 Å². The van der Waals surface area contributed by atoms with E-state index in [1.807, 2.05) is 74.5 Å². The van der Waals surface area contributed by atoms with Crippen LogP contribution in [0.1, 0.15) is 43.5 Å². The van der Waals surface area contributed by atoms with E-state index in [-0.39, 0.29) is 12.0 Å². The Balaban J connectivity index is 1.41. The maximum Gasteiger partial charge on any atom is 0.248 e.